The van der Waals surface area contributed by atoms with Gasteiger partial charge in [-0.25, -0.2) is 8.42 Å². The highest BCUT2D eigenvalue weighted by Crippen LogP contribution is 2.31. The van der Waals surface area contributed by atoms with E-state index < -0.39 is 15.3 Å². The summed E-state index contributed by atoms with van der Waals surface area (Å²) in [7, 11) is -1.03. The van der Waals surface area contributed by atoms with Crippen molar-refractivity contribution in [3.8, 4) is 11.5 Å². The number of pyridine rings is 1. The van der Waals surface area contributed by atoms with Crippen molar-refractivity contribution in [2.45, 2.75) is 36.0 Å². The third kappa shape index (κ3) is 3.38. The number of hydrogen-bond donors (Lipinski definition) is 1. The van der Waals surface area contributed by atoms with Crippen LogP contribution >= 0.6 is 0 Å². The van der Waals surface area contributed by atoms with E-state index in [1.807, 2.05) is 20.8 Å². The number of methoxy groups -OCH3 is 2. The first-order chi connectivity index (χ1) is 13.1. The average Bonchev–Trinajstić information content (AvgIpc) is 2.66. The standard InChI is InChI=1S/C21H23NO5S/c1-21(2,3)13-6-8-14(9-7-13)28(24,25)19-12-22-16-11-18(27-5)17(26-4)10-15(16)20(19)23/h6-12H,1-5H3,(H,22,23). The number of aromatic nitrogens is 1. The molecule has 0 aliphatic carbocycles. The quantitative estimate of drug-likeness (QED) is 0.721. The zero-order valence-corrected chi connectivity index (χ0v) is 17.3. The van der Waals surface area contributed by atoms with E-state index in [0.29, 0.717) is 17.0 Å². The van der Waals surface area contributed by atoms with Crippen LogP contribution in [0.2, 0.25) is 0 Å². The third-order valence-electron chi connectivity index (χ3n) is 4.67. The molecule has 0 aliphatic heterocycles. The molecule has 1 heterocycles. The zero-order chi connectivity index (χ0) is 20.7. The largest absolute Gasteiger partial charge is 0.493 e. The van der Waals surface area contributed by atoms with Crippen LogP contribution in [-0.4, -0.2) is 27.6 Å². The van der Waals surface area contributed by atoms with Crippen molar-refractivity contribution in [3.05, 3.63) is 58.4 Å². The number of benzene rings is 2. The second-order valence-electron chi connectivity index (χ2n) is 7.51. The van der Waals surface area contributed by atoms with E-state index in [2.05, 4.69) is 4.98 Å². The molecule has 6 nitrogen and oxygen atoms in total. The van der Waals surface area contributed by atoms with Gasteiger partial charge < -0.3 is 14.5 Å². The van der Waals surface area contributed by atoms with Crippen molar-refractivity contribution in [2.24, 2.45) is 0 Å². The van der Waals surface area contributed by atoms with Gasteiger partial charge in [0.2, 0.25) is 15.3 Å². The second-order valence-corrected chi connectivity index (χ2v) is 9.43. The van der Waals surface area contributed by atoms with Crippen LogP contribution in [0.3, 0.4) is 0 Å². The van der Waals surface area contributed by atoms with Crippen LogP contribution in [-0.2, 0) is 15.3 Å². The molecule has 0 amide bonds. The maximum atomic E-state index is 13.1. The Morgan fingerprint density at radius 3 is 2.04 bits per heavy atom. The Morgan fingerprint density at radius 1 is 0.929 bits per heavy atom. The SMILES string of the molecule is COc1cc2[nH]cc(S(=O)(=O)c3ccc(C(C)(C)C)cc3)c(=O)c2cc1OC. The number of aromatic amines is 1. The molecule has 0 radical (unpaired) electrons. The van der Waals surface area contributed by atoms with Crippen LogP contribution in [0.1, 0.15) is 26.3 Å². The number of hydrogen-bond acceptors (Lipinski definition) is 5. The summed E-state index contributed by atoms with van der Waals surface area (Å²) in [4.78, 5) is 15.6. The molecular weight excluding hydrogens is 378 g/mol. The smallest absolute Gasteiger partial charge is 0.211 e. The van der Waals surface area contributed by atoms with Crippen molar-refractivity contribution in [3.63, 3.8) is 0 Å². The third-order valence-corrected chi connectivity index (χ3v) is 6.45. The number of fused-ring (bicyclic) bond motifs is 1. The van der Waals surface area contributed by atoms with E-state index in [1.165, 1.54) is 38.6 Å². The molecule has 0 aliphatic rings. The lowest BCUT2D eigenvalue weighted by molar-refractivity contribution is 0.355. The maximum Gasteiger partial charge on any atom is 0.211 e. The van der Waals surface area contributed by atoms with Gasteiger partial charge >= 0.3 is 0 Å². The van der Waals surface area contributed by atoms with E-state index in [4.69, 9.17) is 9.47 Å². The molecule has 0 saturated carbocycles. The molecule has 3 aromatic rings. The summed E-state index contributed by atoms with van der Waals surface area (Å²) in [6.45, 7) is 6.14. The fourth-order valence-corrected chi connectivity index (χ4v) is 4.30. The molecular formula is C21H23NO5S. The molecule has 0 atom stereocenters. The van der Waals surface area contributed by atoms with E-state index in [-0.39, 0.29) is 20.6 Å². The molecule has 7 heteroatoms. The minimum Gasteiger partial charge on any atom is -0.493 e. The van der Waals surface area contributed by atoms with Crippen molar-refractivity contribution in [1.82, 2.24) is 4.98 Å². The number of nitrogens with one attached hydrogen (secondary N) is 1. The van der Waals surface area contributed by atoms with Gasteiger partial charge in [-0.2, -0.15) is 0 Å². The number of rotatable bonds is 4. The summed E-state index contributed by atoms with van der Waals surface area (Å²) in [5.74, 6) is 0.795. The van der Waals surface area contributed by atoms with E-state index in [9.17, 15) is 13.2 Å². The first-order valence-electron chi connectivity index (χ1n) is 8.72. The molecule has 148 valence electrons. The number of sulfone groups is 1. The van der Waals surface area contributed by atoms with Crippen molar-refractivity contribution >= 4 is 20.7 Å². The lowest BCUT2D eigenvalue weighted by Crippen LogP contribution is -2.17. The average molecular weight is 401 g/mol. The molecule has 0 unspecified atom stereocenters. The van der Waals surface area contributed by atoms with Crippen molar-refractivity contribution < 1.29 is 17.9 Å². The second kappa shape index (κ2) is 6.98. The van der Waals surface area contributed by atoms with E-state index >= 15 is 0 Å². The van der Waals surface area contributed by atoms with Crippen LogP contribution < -0.4 is 14.9 Å². The molecule has 1 N–H and O–H groups in total. The summed E-state index contributed by atoms with van der Waals surface area (Å²) >= 11 is 0. The predicted molar refractivity (Wildman–Crippen MR) is 108 cm³/mol. The van der Waals surface area contributed by atoms with Gasteiger partial charge in [-0.1, -0.05) is 32.9 Å². The lowest BCUT2D eigenvalue weighted by atomic mass is 9.87. The van der Waals surface area contributed by atoms with Crippen LogP contribution in [0.15, 0.2) is 57.2 Å². The Balaban J connectivity index is 2.17. The Kier molecular flexibility index (Phi) is 4.97. The zero-order valence-electron chi connectivity index (χ0n) is 16.5. The lowest BCUT2D eigenvalue weighted by Gasteiger charge is -2.19. The number of H-pyrrole nitrogens is 1. The van der Waals surface area contributed by atoms with Gasteiger partial charge in [-0.15, -0.1) is 0 Å². The molecule has 0 fully saturated rings. The van der Waals surface area contributed by atoms with Crippen LogP contribution in [0, 0.1) is 0 Å². The Bertz CT molecular complexity index is 1190. The van der Waals surface area contributed by atoms with Crippen LogP contribution in [0.5, 0.6) is 11.5 Å². The van der Waals surface area contributed by atoms with Gasteiger partial charge in [0.05, 0.1) is 30.0 Å². The van der Waals surface area contributed by atoms with E-state index in [0.717, 1.165) is 5.56 Å². The molecule has 2 aromatic carbocycles. The molecule has 0 saturated heterocycles. The Labute approximate surface area is 164 Å². The summed E-state index contributed by atoms with van der Waals surface area (Å²) in [5.41, 5.74) is 0.785. The normalized spacial score (nSPS) is 12.2. The first-order valence-corrected chi connectivity index (χ1v) is 10.2. The minimum absolute atomic E-state index is 0.0748. The minimum atomic E-state index is -3.97. The molecule has 0 bridgehead atoms. The monoisotopic (exact) mass is 401 g/mol. The van der Waals surface area contributed by atoms with Gasteiger partial charge in [0, 0.05) is 12.3 Å². The highest BCUT2D eigenvalue weighted by molar-refractivity contribution is 7.91. The van der Waals surface area contributed by atoms with Gasteiger partial charge in [0.25, 0.3) is 0 Å². The van der Waals surface area contributed by atoms with Crippen LogP contribution in [0.4, 0.5) is 0 Å². The van der Waals surface area contributed by atoms with Gasteiger partial charge in [0.15, 0.2) is 11.5 Å². The predicted octanol–water partition coefficient (Wildman–Crippen LogP) is 3.68. The van der Waals surface area contributed by atoms with Crippen LogP contribution in [0.25, 0.3) is 10.9 Å². The maximum absolute atomic E-state index is 13.1. The summed E-state index contributed by atoms with van der Waals surface area (Å²) in [5, 5.41) is 0.213. The number of ether oxygens (including phenoxy) is 2. The summed E-state index contributed by atoms with van der Waals surface area (Å²) < 4.78 is 36.6. The van der Waals surface area contributed by atoms with E-state index in [1.54, 1.807) is 18.2 Å². The van der Waals surface area contributed by atoms with Crippen molar-refractivity contribution in [1.29, 1.82) is 0 Å². The Hall–Kier alpha value is -2.80. The first kappa shape index (κ1) is 19.9. The molecule has 3 rings (SSSR count). The Morgan fingerprint density at radius 2 is 1.50 bits per heavy atom. The highest BCUT2D eigenvalue weighted by atomic mass is 32.2. The summed E-state index contributed by atoms with van der Waals surface area (Å²) in [6, 6.07) is 9.70. The van der Waals surface area contributed by atoms with Gasteiger partial charge in [0.1, 0.15) is 4.90 Å². The summed E-state index contributed by atoms with van der Waals surface area (Å²) in [6.07, 6.45) is 1.23. The fourth-order valence-electron chi connectivity index (χ4n) is 2.99. The molecule has 0 spiro atoms. The molecule has 1 aromatic heterocycles. The molecule has 28 heavy (non-hydrogen) atoms. The van der Waals surface area contributed by atoms with Gasteiger partial charge in [-0.3, -0.25) is 4.79 Å². The van der Waals surface area contributed by atoms with Crippen molar-refractivity contribution in [2.75, 3.05) is 14.2 Å². The van der Waals surface area contributed by atoms with Gasteiger partial charge in [-0.05, 0) is 29.2 Å². The fraction of sp³-hybridized carbons (Fsp3) is 0.286. The highest BCUT2D eigenvalue weighted by Gasteiger charge is 2.24. The topological polar surface area (TPSA) is 85.5 Å².